The minimum atomic E-state index is -0.846. The second kappa shape index (κ2) is 7.99. The molecule has 1 heterocycles. The van der Waals surface area contributed by atoms with Crippen molar-refractivity contribution in [3.05, 3.63) is 33.8 Å². The van der Waals surface area contributed by atoms with Gasteiger partial charge in [-0.1, -0.05) is 29.3 Å². The molecule has 1 aliphatic rings. The zero-order valence-corrected chi connectivity index (χ0v) is 13.2. The Hall–Kier alpha value is -0.810. The lowest BCUT2D eigenvalue weighted by Crippen LogP contribution is -2.29. The fraction of sp³-hybridized carbons (Fsp3) is 0.533. The monoisotopic (exact) mass is 331 g/mol. The summed E-state index contributed by atoms with van der Waals surface area (Å²) in [4.78, 5) is 11.7. The van der Waals surface area contributed by atoms with Crippen molar-refractivity contribution in [2.75, 3.05) is 13.2 Å². The SMILES string of the molecule is O=C(CC[C@H]1CCCO1)NC[C@@H](O)c1ccc(Cl)cc1Cl. The minimum Gasteiger partial charge on any atom is -0.387 e. The van der Waals surface area contributed by atoms with Gasteiger partial charge in [0.1, 0.15) is 0 Å². The van der Waals surface area contributed by atoms with E-state index in [1.807, 2.05) is 0 Å². The molecule has 2 rings (SSSR count). The van der Waals surface area contributed by atoms with E-state index in [0.29, 0.717) is 22.0 Å². The Morgan fingerprint density at radius 2 is 2.29 bits per heavy atom. The van der Waals surface area contributed by atoms with Crippen molar-refractivity contribution in [2.24, 2.45) is 0 Å². The molecule has 116 valence electrons. The van der Waals surface area contributed by atoms with Gasteiger partial charge in [-0.15, -0.1) is 0 Å². The maximum atomic E-state index is 11.7. The van der Waals surface area contributed by atoms with Gasteiger partial charge >= 0.3 is 0 Å². The predicted molar refractivity (Wildman–Crippen MR) is 82.6 cm³/mol. The molecule has 0 aromatic heterocycles. The zero-order valence-electron chi connectivity index (χ0n) is 11.6. The van der Waals surface area contributed by atoms with Crippen molar-refractivity contribution >= 4 is 29.1 Å². The van der Waals surface area contributed by atoms with Crippen LogP contribution in [0.25, 0.3) is 0 Å². The molecular weight excluding hydrogens is 313 g/mol. The second-order valence-corrected chi connectivity index (χ2v) is 6.00. The molecule has 0 unspecified atom stereocenters. The normalized spacial score (nSPS) is 19.5. The van der Waals surface area contributed by atoms with Crippen molar-refractivity contribution in [3.8, 4) is 0 Å². The zero-order chi connectivity index (χ0) is 15.2. The molecule has 0 saturated carbocycles. The molecule has 6 heteroatoms. The van der Waals surface area contributed by atoms with Crippen LogP contribution < -0.4 is 5.32 Å². The molecule has 1 aromatic rings. The number of ether oxygens (including phenoxy) is 1. The van der Waals surface area contributed by atoms with E-state index in [9.17, 15) is 9.90 Å². The number of aliphatic hydroxyl groups is 1. The van der Waals surface area contributed by atoms with Crippen LogP contribution in [-0.2, 0) is 9.53 Å². The van der Waals surface area contributed by atoms with E-state index < -0.39 is 6.10 Å². The summed E-state index contributed by atoms with van der Waals surface area (Å²) in [6.07, 6.45) is 2.58. The van der Waals surface area contributed by atoms with Gasteiger partial charge in [0.25, 0.3) is 0 Å². The predicted octanol–water partition coefficient (Wildman–Crippen LogP) is 3.10. The van der Waals surface area contributed by atoms with Crippen molar-refractivity contribution in [2.45, 2.75) is 37.9 Å². The highest BCUT2D eigenvalue weighted by Gasteiger charge is 2.17. The fourth-order valence-electron chi connectivity index (χ4n) is 2.34. The minimum absolute atomic E-state index is 0.0883. The number of hydrogen-bond acceptors (Lipinski definition) is 3. The first-order chi connectivity index (χ1) is 10.1. The molecule has 2 atom stereocenters. The highest BCUT2D eigenvalue weighted by atomic mass is 35.5. The van der Waals surface area contributed by atoms with Gasteiger partial charge < -0.3 is 15.2 Å². The number of nitrogens with one attached hydrogen (secondary N) is 1. The van der Waals surface area contributed by atoms with Gasteiger partial charge in [0.05, 0.1) is 12.2 Å². The van der Waals surface area contributed by atoms with Crippen LogP contribution in [0, 0.1) is 0 Å². The summed E-state index contributed by atoms with van der Waals surface area (Å²) in [6.45, 7) is 0.922. The van der Waals surface area contributed by atoms with Gasteiger partial charge in [0.2, 0.25) is 5.91 Å². The molecule has 0 radical (unpaired) electrons. The Bertz CT molecular complexity index is 490. The first kappa shape index (κ1) is 16.6. The summed E-state index contributed by atoms with van der Waals surface area (Å²) in [5.74, 6) is -0.0883. The van der Waals surface area contributed by atoms with Crippen LogP contribution in [0.3, 0.4) is 0 Å². The highest BCUT2D eigenvalue weighted by Crippen LogP contribution is 2.26. The molecule has 21 heavy (non-hydrogen) atoms. The van der Waals surface area contributed by atoms with Gasteiger partial charge in [-0.3, -0.25) is 4.79 Å². The lowest BCUT2D eigenvalue weighted by molar-refractivity contribution is -0.122. The molecule has 1 aromatic carbocycles. The Balaban J connectivity index is 1.74. The van der Waals surface area contributed by atoms with Gasteiger partial charge in [-0.05, 0) is 31.4 Å². The topological polar surface area (TPSA) is 58.6 Å². The average molecular weight is 332 g/mol. The Morgan fingerprint density at radius 3 is 2.95 bits per heavy atom. The number of carbonyl (C=O) groups is 1. The second-order valence-electron chi connectivity index (χ2n) is 5.16. The number of aliphatic hydroxyl groups excluding tert-OH is 1. The van der Waals surface area contributed by atoms with Gasteiger partial charge in [0, 0.05) is 35.2 Å². The van der Waals surface area contributed by atoms with E-state index in [0.717, 1.165) is 25.9 Å². The Morgan fingerprint density at radius 1 is 1.48 bits per heavy atom. The van der Waals surface area contributed by atoms with Crippen LogP contribution in [-0.4, -0.2) is 30.3 Å². The summed E-state index contributed by atoms with van der Waals surface area (Å²) < 4.78 is 5.47. The number of hydrogen-bond donors (Lipinski definition) is 2. The summed E-state index contributed by atoms with van der Waals surface area (Å²) in [5, 5.41) is 13.7. The third-order valence-electron chi connectivity index (χ3n) is 3.53. The molecular formula is C15H19Cl2NO3. The van der Waals surface area contributed by atoms with E-state index in [-0.39, 0.29) is 18.6 Å². The number of benzene rings is 1. The lowest BCUT2D eigenvalue weighted by atomic mass is 10.1. The average Bonchev–Trinajstić information content (AvgIpc) is 2.95. The van der Waals surface area contributed by atoms with Crippen LogP contribution in [0.2, 0.25) is 10.0 Å². The van der Waals surface area contributed by atoms with E-state index in [4.69, 9.17) is 27.9 Å². The molecule has 4 nitrogen and oxygen atoms in total. The van der Waals surface area contributed by atoms with Gasteiger partial charge in [0.15, 0.2) is 0 Å². The van der Waals surface area contributed by atoms with E-state index in [1.165, 1.54) is 0 Å². The molecule has 0 aliphatic carbocycles. The number of halogens is 2. The molecule has 1 saturated heterocycles. The molecule has 1 fully saturated rings. The largest absolute Gasteiger partial charge is 0.387 e. The van der Waals surface area contributed by atoms with Crippen molar-refractivity contribution in [1.82, 2.24) is 5.32 Å². The van der Waals surface area contributed by atoms with Gasteiger partial charge in [-0.25, -0.2) is 0 Å². The third-order valence-corrected chi connectivity index (χ3v) is 4.09. The van der Waals surface area contributed by atoms with Crippen molar-refractivity contribution in [1.29, 1.82) is 0 Å². The first-order valence-corrected chi connectivity index (χ1v) is 7.83. The van der Waals surface area contributed by atoms with Crippen LogP contribution in [0.1, 0.15) is 37.4 Å². The van der Waals surface area contributed by atoms with Gasteiger partial charge in [-0.2, -0.15) is 0 Å². The van der Waals surface area contributed by atoms with E-state index >= 15 is 0 Å². The highest BCUT2D eigenvalue weighted by molar-refractivity contribution is 6.35. The van der Waals surface area contributed by atoms with E-state index in [1.54, 1.807) is 18.2 Å². The quantitative estimate of drug-likeness (QED) is 0.842. The Labute approximate surface area is 134 Å². The summed E-state index contributed by atoms with van der Waals surface area (Å²) in [5.41, 5.74) is 0.556. The van der Waals surface area contributed by atoms with E-state index in [2.05, 4.69) is 5.32 Å². The van der Waals surface area contributed by atoms with Crippen LogP contribution in [0.4, 0.5) is 0 Å². The number of carbonyl (C=O) groups excluding carboxylic acids is 1. The summed E-state index contributed by atoms with van der Waals surface area (Å²) in [6, 6.07) is 4.89. The molecule has 0 spiro atoms. The summed E-state index contributed by atoms with van der Waals surface area (Å²) >= 11 is 11.8. The van der Waals surface area contributed by atoms with Crippen LogP contribution >= 0.6 is 23.2 Å². The lowest BCUT2D eigenvalue weighted by Gasteiger charge is -2.14. The number of amides is 1. The smallest absolute Gasteiger partial charge is 0.220 e. The fourth-order valence-corrected chi connectivity index (χ4v) is 2.88. The molecule has 1 aliphatic heterocycles. The van der Waals surface area contributed by atoms with Crippen LogP contribution in [0.15, 0.2) is 18.2 Å². The first-order valence-electron chi connectivity index (χ1n) is 7.07. The third kappa shape index (κ3) is 5.15. The Kier molecular flexibility index (Phi) is 6.30. The molecule has 0 bridgehead atoms. The van der Waals surface area contributed by atoms with Crippen molar-refractivity contribution in [3.63, 3.8) is 0 Å². The molecule has 2 N–H and O–H groups in total. The maximum absolute atomic E-state index is 11.7. The maximum Gasteiger partial charge on any atom is 0.220 e. The standard InChI is InChI=1S/C15H19Cl2NO3/c16-10-3-5-12(13(17)8-10)14(19)9-18-15(20)6-4-11-2-1-7-21-11/h3,5,8,11,14,19H,1-2,4,6-7,9H2,(H,18,20)/t11-,14-/m1/s1. The molecule has 1 amide bonds. The van der Waals surface area contributed by atoms with Crippen LogP contribution in [0.5, 0.6) is 0 Å². The summed E-state index contributed by atoms with van der Waals surface area (Å²) in [7, 11) is 0. The number of rotatable bonds is 6. The van der Waals surface area contributed by atoms with Crippen molar-refractivity contribution < 1.29 is 14.6 Å².